The monoisotopic (exact) mass is 360 g/mol. The van der Waals surface area contributed by atoms with Crippen molar-refractivity contribution in [1.29, 1.82) is 0 Å². The summed E-state index contributed by atoms with van der Waals surface area (Å²) in [4.78, 5) is 0. The van der Waals surface area contributed by atoms with Crippen LogP contribution in [-0.4, -0.2) is 34.6 Å². The summed E-state index contributed by atoms with van der Waals surface area (Å²) in [6.45, 7) is 5.16. The maximum atomic E-state index is 10.3. The molecule has 0 aromatic rings. The van der Waals surface area contributed by atoms with Crippen molar-refractivity contribution < 1.29 is 15.3 Å². The van der Waals surface area contributed by atoms with E-state index in [9.17, 15) is 15.3 Å². The van der Waals surface area contributed by atoms with Gasteiger partial charge in [0.15, 0.2) is 0 Å². The van der Waals surface area contributed by atoms with Crippen LogP contribution in [0.25, 0.3) is 0 Å². The fraction of sp³-hybridized carbons (Fsp3) is 0.826. The van der Waals surface area contributed by atoms with Crippen LogP contribution in [0.1, 0.15) is 58.8 Å². The number of rotatable bonds is 3. The number of aliphatic hydroxyl groups excluding tert-OH is 3. The molecule has 4 aliphatic rings. The van der Waals surface area contributed by atoms with E-state index < -0.39 is 0 Å². The predicted molar refractivity (Wildman–Crippen MR) is 103 cm³/mol. The van der Waals surface area contributed by atoms with E-state index in [1.165, 1.54) is 31.3 Å². The van der Waals surface area contributed by atoms with E-state index in [4.69, 9.17) is 0 Å². The summed E-state index contributed by atoms with van der Waals surface area (Å²) in [5.41, 5.74) is 3.42. The number of hydrogen-bond acceptors (Lipinski definition) is 3. The first-order chi connectivity index (χ1) is 12.5. The molecule has 0 aromatic heterocycles. The lowest BCUT2D eigenvalue weighted by molar-refractivity contribution is 0.0613. The molecule has 8 atom stereocenters. The Morgan fingerprint density at radius 1 is 1.23 bits per heavy atom. The van der Waals surface area contributed by atoms with Gasteiger partial charge in [-0.3, -0.25) is 0 Å². The molecule has 26 heavy (non-hydrogen) atoms. The molecule has 4 rings (SSSR count). The second kappa shape index (κ2) is 7.07. The minimum Gasteiger partial charge on any atom is -0.396 e. The minimum atomic E-state index is -0.253. The zero-order valence-corrected chi connectivity index (χ0v) is 16.4. The van der Waals surface area contributed by atoms with Crippen LogP contribution in [0.3, 0.4) is 0 Å². The van der Waals surface area contributed by atoms with Gasteiger partial charge in [-0.2, -0.15) is 0 Å². The van der Waals surface area contributed by atoms with Gasteiger partial charge in [-0.15, -0.1) is 0 Å². The van der Waals surface area contributed by atoms with Crippen molar-refractivity contribution in [3.05, 3.63) is 23.3 Å². The summed E-state index contributed by atoms with van der Waals surface area (Å²) in [6, 6.07) is 0. The van der Waals surface area contributed by atoms with E-state index in [-0.39, 0.29) is 18.6 Å². The van der Waals surface area contributed by atoms with Crippen molar-refractivity contribution in [2.24, 2.45) is 40.9 Å². The molecule has 0 radical (unpaired) electrons. The lowest BCUT2D eigenvalue weighted by Gasteiger charge is -2.47. The topological polar surface area (TPSA) is 60.7 Å². The zero-order chi connectivity index (χ0) is 18.5. The molecule has 2 saturated carbocycles. The Balaban J connectivity index is 1.71. The second-order valence-corrected chi connectivity index (χ2v) is 9.87. The van der Waals surface area contributed by atoms with E-state index in [2.05, 4.69) is 26.0 Å². The number of fused-ring (bicyclic) bond motifs is 6. The van der Waals surface area contributed by atoms with Gasteiger partial charge in [-0.05, 0) is 74.0 Å². The van der Waals surface area contributed by atoms with E-state index in [1.807, 2.05) is 0 Å². The molecule has 0 aromatic carbocycles. The van der Waals surface area contributed by atoms with Gasteiger partial charge in [0, 0.05) is 25.0 Å². The quantitative estimate of drug-likeness (QED) is 0.673. The Labute approximate surface area is 158 Å². The predicted octanol–water partition coefficient (Wildman–Crippen LogP) is 3.69. The van der Waals surface area contributed by atoms with Crippen molar-refractivity contribution >= 4 is 0 Å². The molecule has 0 unspecified atom stereocenters. The molecule has 0 heterocycles. The number of aliphatic hydroxyl groups is 3. The fourth-order valence-electron chi connectivity index (χ4n) is 7.13. The molecule has 4 aliphatic carbocycles. The van der Waals surface area contributed by atoms with Crippen LogP contribution in [0, 0.1) is 40.9 Å². The number of hydrogen-bond donors (Lipinski definition) is 3. The van der Waals surface area contributed by atoms with Gasteiger partial charge >= 0.3 is 0 Å². The van der Waals surface area contributed by atoms with Crippen LogP contribution in [-0.2, 0) is 0 Å². The molecule has 0 saturated heterocycles. The Bertz CT molecular complexity index is 594. The third-order valence-electron chi connectivity index (χ3n) is 8.56. The van der Waals surface area contributed by atoms with Gasteiger partial charge in [0.1, 0.15) is 0 Å². The third-order valence-corrected chi connectivity index (χ3v) is 8.56. The first kappa shape index (κ1) is 18.7. The van der Waals surface area contributed by atoms with Crippen molar-refractivity contribution in [3.63, 3.8) is 0 Å². The molecular weight excluding hydrogens is 324 g/mol. The van der Waals surface area contributed by atoms with Crippen molar-refractivity contribution in [2.45, 2.75) is 64.9 Å². The first-order valence-corrected chi connectivity index (χ1v) is 10.8. The summed E-state index contributed by atoms with van der Waals surface area (Å²) in [5, 5.41) is 30.1. The molecule has 2 bridgehead atoms. The van der Waals surface area contributed by atoms with Crippen molar-refractivity contribution in [2.75, 3.05) is 13.2 Å². The molecule has 0 amide bonds. The van der Waals surface area contributed by atoms with Crippen LogP contribution in [0.15, 0.2) is 23.3 Å². The zero-order valence-electron chi connectivity index (χ0n) is 16.4. The highest BCUT2D eigenvalue weighted by atomic mass is 16.3. The lowest BCUT2D eigenvalue weighted by Crippen LogP contribution is -2.39. The molecular formula is C23H36O3. The van der Waals surface area contributed by atoms with Crippen molar-refractivity contribution in [1.82, 2.24) is 0 Å². The molecule has 0 spiro atoms. The molecule has 0 aliphatic heterocycles. The first-order valence-electron chi connectivity index (χ1n) is 10.8. The molecule has 2 fully saturated rings. The van der Waals surface area contributed by atoms with Crippen molar-refractivity contribution in [3.8, 4) is 0 Å². The highest BCUT2D eigenvalue weighted by Gasteiger charge is 2.54. The van der Waals surface area contributed by atoms with Crippen LogP contribution >= 0.6 is 0 Å². The Hall–Kier alpha value is -0.640. The van der Waals surface area contributed by atoms with Crippen LogP contribution < -0.4 is 0 Å². The molecule has 3 N–H and O–H groups in total. The maximum absolute atomic E-state index is 10.3. The van der Waals surface area contributed by atoms with Gasteiger partial charge in [-0.25, -0.2) is 0 Å². The summed E-state index contributed by atoms with van der Waals surface area (Å²) in [7, 11) is 0. The Kier molecular flexibility index (Phi) is 5.09. The Morgan fingerprint density at radius 2 is 2.04 bits per heavy atom. The lowest BCUT2D eigenvalue weighted by atomic mass is 9.57. The van der Waals surface area contributed by atoms with Gasteiger partial charge in [0.05, 0.1) is 6.10 Å². The summed E-state index contributed by atoms with van der Waals surface area (Å²) < 4.78 is 0. The van der Waals surface area contributed by atoms with Gasteiger partial charge in [-0.1, -0.05) is 37.1 Å². The minimum absolute atomic E-state index is 0.183. The summed E-state index contributed by atoms with van der Waals surface area (Å²) >= 11 is 0. The highest BCUT2D eigenvalue weighted by molar-refractivity contribution is 5.33. The maximum Gasteiger partial charge on any atom is 0.0577 e. The second-order valence-electron chi connectivity index (χ2n) is 9.87. The van der Waals surface area contributed by atoms with Gasteiger partial charge < -0.3 is 15.3 Å². The fourth-order valence-corrected chi connectivity index (χ4v) is 7.13. The third kappa shape index (κ3) is 2.91. The van der Waals surface area contributed by atoms with E-state index in [0.29, 0.717) is 41.6 Å². The van der Waals surface area contributed by atoms with Crippen LogP contribution in [0.5, 0.6) is 0 Å². The summed E-state index contributed by atoms with van der Waals surface area (Å²) in [5.74, 6) is 2.66. The number of allylic oxidation sites excluding steroid dienone is 2. The normalized spacial score (nSPS) is 46.3. The van der Waals surface area contributed by atoms with E-state index in [1.54, 1.807) is 5.57 Å². The van der Waals surface area contributed by atoms with Gasteiger partial charge in [0.25, 0.3) is 0 Å². The SMILES string of the molecule is C[C@H](CO)[C@H]1CC[C@H]2C3=C[C@@H](CO)[C@H]4CC(=CC[C@H](O)C4)[C@H]3CC[C@]12C. The van der Waals surface area contributed by atoms with E-state index >= 15 is 0 Å². The standard InChI is InChI=1S/C23H36O3/c1-14(12-24)21-5-6-22-20-11-17(13-25)16-9-15(3-4-18(26)10-16)19(20)7-8-23(21,22)2/h3,11,14,16-19,21-22,24-26H,4-10,12-13H2,1-2H3/t14-,16+,17+,18+,19-,21-,22+,23-/m1/s1. The Morgan fingerprint density at radius 3 is 2.77 bits per heavy atom. The van der Waals surface area contributed by atoms with Crippen LogP contribution in [0.2, 0.25) is 0 Å². The largest absolute Gasteiger partial charge is 0.396 e. The highest BCUT2D eigenvalue weighted by Crippen LogP contribution is 2.62. The average molecular weight is 361 g/mol. The molecule has 146 valence electrons. The average Bonchev–Trinajstić information content (AvgIpc) is 2.77. The van der Waals surface area contributed by atoms with E-state index in [0.717, 1.165) is 19.3 Å². The smallest absolute Gasteiger partial charge is 0.0577 e. The van der Waals surface area contributed by atoms with Gasteiger partial charge in [0.2, 0.25) is 0 Å². The molecule has 3 nitrogen and oxygen atoms in total. The summed E-state index contributed by atoms with van der Waals surface area (Å²) in [6.07, 6.45) is 12.0. The molecule has 3 heteroatoms. The van der Waals surface area contributed by atoms with Crippen LogP contribution in [0.4, 0.5) is 0 Å².